The average molecular weight is 263 g/mol. The largest absolute Gasteiger partial charge is 0.395 e. The van der Waals surface area contributed by atoms with Crippen molar-refractivity contribution in [2.75, 3.05) is 5.73 Å². The third-order valence-electron chi connectivity index (χ3n) is 2.73. The van der Waals surface area contributed by atoms with Crippen molar-refractivity contribution in [2.45, 2.75) is 33.2 Å². The van der Waals surface area contributed by atoms with Gasteiger partial charge in [-0.15, -0.1) is 0 Å². The van der Waals surface area contributed by atoms with Crippen LogP contribution in [0.3, 0.4) is 0 Å². The molecule has 0 radical (unpaired) electrons. The number of carbonyl (C=O) groups is 1. The van der Waals surface area contributed by atoms with Gasteiger partial charge in [0.2, 0.25) is 0 Å². The van der Waals surface area contributed by atoms with Gasteiger partial charge < -0.3 is 15.6 Å². The number of nitrogens with two attached hydrogens (primary N) is 1. The quantitative estimate of drug-likeness (QED) is 0.771. The Hall–Kier alpha value is -2.31. The van der Waals surface area contributed by atoms with E-state index in [1.54, 1.807) is 6.07 Å². The standard InChI is InChI=1S/C12H17N5O2/c1-6(2)10-9(13)11(16-15-10)12(18)14-5-8-4-7(3)17-19-8/h4,6H,5,13H2,1-3H3,(H,14,18)(H,15,16). The Bertz CT molecular complexity index is 585. The zero-order valence-electron chi connectivity index (χ0n) is 11.2. The van der Waals surface area contributed by atoms with Gasteiger partial charge in [0.15, 0.2) is 11.5 Å². The number of nitrogens with zero attached hydrogens (tertiary/aromatic N) is 2. The van der Waals surface area contributed by atoms with Gasteiger partial charge >= 0.3 is 0 Å². The lowest BCUT2D eigenvalue weighted by molar-refractivity contribution is 0.0943. The van der Waals surface area contributed by atoms with Gasteiger partial charge in [0.1, 0.15) is 0 Å². The summed E-state index contributed by atoms with van der Waals surface area (Å²) in [7, 11) is 0. The van der Waals surface area contributed by atoms with E-state index in [0.717, 1.165) is 11.4 Å². The normalized spacial score (nSPS) is 10.9. The summed E-state index contributed by atoms with van der Waals surface area (Å²) in [5.41, 5.74) is 8.02. The number of aryl methyl sites for hydroxylation is 1. The minimum Gasteiger partial charge on any atom is -0.395 e. The maximum absolute atomic E-state index is 11.9. The van der Waals surface area contributed by atoms with E-state index < -0.39 is 0 Å². The number of amides is 1. The van der Waals surface area contributed by atoms with E-state index >= 15 is 0 Å². The molecule has 0 atom stereocenters. The van der Waals surface area contributed by atoms with Crippen LogP contribution in [-0.2, 0) is 6.54 Å². The Labute approximate surface area is 110 Å². The van der Waals surface area contributed by atoms with Gasteiger partial charge in [-0.3, -0.25) is 9.89 Å². The smallest absolute Gasteiger partial charge is 0.274 e. The van der Waals surface area contributed by atoms with Crippen molar-refractivity contribution in [3.05, 3.63) is 28.9 Å². The van der Waals surface area contributed by atoms with Crippen molar-refractivity contribution in [3.8, 4) is 0 Å². The molecule has 0 aliphatic rings. The molecule has 1 amide bonds. The molecule has 0 fully saturated rings. The van der Waals surface area contributed by atoms with Crippen LogP contribution in [0.25, 0.3) is 0 Å². The van der Waals surface area contributed by atoms with Crippen LogP contribution in [0.4, 0.5) is 5.69 Å². The number of hydrogen-bond acceptors (Lipinski definition) is 5. The molecule has 0 bridgehead atoms. The molecule has 0 spiro atoms. The molecule has 2 rings (SSSR count). The predicted octanol–water partition coefficient (Wildman–Crippen LogP) is 1.34. The van der Waals surface area contributed by atoms with Crippen molar-refractivity contribution in [3.63, 3.8) is 0 Å². The minimum atomic E-state index is -0.338. The van der Waals surface area contributed by atoms with Gasteiger partial charge in [0, 0.05) is 6.07 Å². The van der Waals surface area contributed by atoms with Crippen LogP contribution >= 0.6 is 0 Å². The van der Waals surface area contributed by atoms with E-state index in [4.69, 9.17) is 10.3 Å². The van der Waals surface area contributed by atoms with Crippen LogP contribution in [0.15, 0.2) is 10.6 Å². The highest BCUT2D eigenvalue weighted by atomic mass is 16.5. The molecular formula is C12H17N5O2. The first-order valence-corrected chi connectivity index (χ1v) is 6.03. The molecule has 2 aromatic rings. The second-order valence-electron chi connectivity index (χ2n) is 4.67. The highest BCUT2D eigenvalue weighted by Gasteiger charge is 2.18. The molecule has 102 valence electrons. The molecular weight excluding hydrogens is 246 g/mol. The van der Waals surface area contributed by atoms with Gasteiger partial charge in [-0.2, -0.15) is 5.10 Å². The van der Waals surface area contributed by atoms with E-state index in [0.29, 0.717) is 11.4 Å². The molecule has 7 heteroatoms. The second-order valence-corrected chi connectivity index (χ2v) is 4.67. The van der Waals surface area contributed by atoms with E-state index in [2.05, 4.69) is 20.7 Å². The lowest BCUT2D eigenvalue weighted by atomic mass is 10.1. The van der Waals surface area contributed by atoms with Gasteiger partial charge in [-0.25, -0.2) is 0 Å². The highest BCUT2D eigenvalue weighted by Crippen LogP contribution is 2.21. The van der Waals surface area contributed by atoms with Crippen LogP contribution in [0.2, 0.25) is 0 Å². The first-order valence-electron chi connectivity index (χ1n) is 6.03. The molecule has 2 aromatic heterocycles. The molecule has 2 heterocycles. The number of anilines is 1. The SMILES string of the molecule is Cc1cc(CNC(=O)c2n[nH]c(C(C)C)c2N)on1. The molecule has 7 nitrogen and oxygen atoms in total. The topological polar surface area (TPSA) is 110 Å². The maximum atomic E-state index is 11.9. The number of nitrogens with one attached hydrogen (secondary N) is 2. The molecule has 0 aliphatic heterocycles. The van der Waals surface area contributed by atoms with Crippen LogP contribution in [-0.4, -0.2) is 21.3 Å². The van der Waals surface area contributed by atoms with E-state index in [-0.39, 0.29) is 24.1 Å². The van der Waals surface area contributed by atoms with Crippen molar-refractivity contribution in [2.24, 2.45) is 0 Å². The fraction of sp³-hybridized carbons (Fsp3) is 0.417. The summed E-state index contributed by atoms with van der Waals surface area (Å²) in [4.78, 5) is 11.9. The summed E-state index contributed by atoms with van der Waals surface area (Å²) >= 11 is 0. The van der Waals surface area contributed by atoms with Gasteiger partial charge in [-0.05, 0) is 12.8 Å². The van der Waals surface area contributed by atoms with Crippen molar-refractivity contribution >= 4 is 11.6 Å². The number of aromatic nitrogens is 3. The monoisotopic (exact) mass is 263 g/mol. The zero-order valence-corrected chi connectivity index (χ0v) is 11.2. The third kappa shape index (κ3) is 2.75. The first kappa shape index (κ1) is 13.1. The summed E-state index contributed by atoms with van der Waals surface area (Å²) < 4.78 is 5.00. The van der Waals surface area contributed by atoms with E-state index in [1.807, 2.05) is 20.8 Å². The lowest BCUT2D eigenvalue weighted by Gasteiger charge is -2.03. The summed E-state index contributed by atoms with van der Waals surface area (Å²) in [5, 5.41) is 13.2. The van der Waals surface area contributed by atoms with Crippen molar-refractivity contribution in [1.29, 1.82) is 0 Å². The summed E-state index contributed by atoms with van der Waals surface area (Å²) in [6.45, 7) is 6.02. The Morgan fingerprint density at radius 3 is 2.84 bits per heavy atom. The number of aromatic amines is 1. The van der Waals surface area contributed by atoms with Crippen LogP contribution < -0.4 is 11.1 Å². The molecule has 0 unspecified atom stereocenters. The van der Waals surface area contributed by atoms with Crippen molar-refractivity contribution < 1.29 is 9.32 Å². The molecule has 0 saturated heterocycles. The third-order valence-corrected chi connectivity index (χ3v) is 2.73. The minimum absolute atomic E-state index is 0.186. The number of rotatable bonds is 4. The van der Waals surface area contributed by atoms with Gasteiger partial charge in [0.05, 0.1) is 23.6 Å². The maximum Gasteiger partial charge on any atom is 0.274 e. The molecule has 0 saturated carbocycles. The van der Waals surface area contributed by atoms with Gasteiger partial charge in [0.25, 0.3) is 5.91 Å². The Morgan fingerprint density at radius 2 is 2.32 bits per heavy atom. The zero-order chi connectivity index (χ0) is 14.0. The summed E-state index contributed by atoms with van der Waals surface area (Å²) in [6, 6.07) is 1.76. The van der Waals surface area contributed by atoms with Gasteiger partial charge in [-0.1, -0.05) is 19.0 Å². The number of carbonyl (C=O) groups excluding carboxylic acids is 1. The number of hydrogen-bond donors (Lipinski definition) is 3. The predicted molar refractivity (Wildman–Crippen MR) is 69.5 cm³/mol. The van der Waals surface area contributed by atoms with Crippen LogP contribution in [0.1, 0.15) is 47.4 Å². The number of H-pyrrole nitrogens is 1. The fourth-order valence-corrected chi connectivity index (χ4v) is 1.73. The summed E-state index contributed by atoms with van der Waals surface area (Å²) in [5.74, 6) is 0.435. The number of nitrogen functional groups attached to an aromatic ring is 1. The van der Waals surface area contributed by atoms with Crippen LogP contribution in [0, 0.1) is 6.92 Å². The first-order chi connectivity index (χ1) is 8.99. The Kier molecular flexibility index (Phi) is 3.55. The van der Waals surface area contributed by atoms with Crippen molar-refractivity contribution in [1.82, 2.24) is 20.7 Å². The highest BCUT2D eigenvalue weighted by molar-refractivity contribution is 5.97. The molecule has 4 N–H and O–H groups in total. The molecule has 0 aliphatic carbocycles. The fourth-order valence-electron chi connectivity index (χ4n) is 1.73. The second kappa shape index (κ2) is 5.13. The lowest BCUT2D eigenvalue weighted by Crippen LogP contribution is -2.24. The Balaban J connectivity index is 2.04. The summed E-state index contributed by atoms with van der Waals surface area (Å²) in [6.07, 6.45) is 0. The molecule has 19 heavy (non-hydrogen) atoms. The molecule has 0 aromatic carbocycles. The van der Waals surface area contributed by atoms with Crippen LogP contribution in [0.5, 0.6) is 0 Å². The van der Waals surface area contributed by atoms with E-state index in [1.165, 1.54) is 0 Å². The average Bonchev–Trinajstić information content (AvgIpc) is 2.92. The Morgan fingerprint density at radius 1 is 1.58 bits per heavy atom. The van der Waals surface area contributed by atoms with E-state index in [9.17, 15) is 4.79 Å².